The molecule has 5 heteroatoms. The van der Waals surface area contributed by atoms with Crippen molar-refractivity contribution in [2.75, 3.05) is 6.61 Å². The highest BCUT2D eigenvalue weighted by Crippen LogP contribution is 2.24. The minimum Gasteiger partial charge on any atom is -0.462 e. The van der Waals surface area contributed by atoms with Crippen LogP contribution < -0.4 is 4.74 Å². The SMILES string of the molecule is OC[C@H]1OC(Oc2ccccc2)[C@@H](O)[C@@H]1O. The summed E-state index contributed by atoms with van der Waals surface area (Å²) in [5.41, 5.74) is 0. The molecule has 0 bridgehead atoms. The number of aliphatic hydroxyl groups is 3. The van der Waals surface area contributed by atoms with Crippen LogP contribution >= 0.6 is 0 Å². The Hall–Kier alpha value is -1.14. The lowest BCUT2D eigenvalue weighted by atomic mass is 10.1. The van der Waals surface area contributed by atoms with Crippen LogP contribution in [0.3, 0.4) is 0 Å². The summed E-state index contributed by atoms with van der Waals surface area (Å²) in [6, 6.07) is 8.85. The molecular formula is C11H14O5. The summed E-state index contributed by atoms with van der Waals surface area (Å²) in [6.07, 6.45) is -4.03. The van der Waals surface area contributed by atoms with E-state index in [0.29, 0.717) is 5.75 Å². The first-order chi connectivity index (χ1) is 7.72. The van der Waals surface area contributed by atoms with Crippen molar-refractivity contribution < 1.29 is 24.8 Å². The average Bonchev–Trinajstić information content (AvgIpc) is 2.58. The number of para-hydroxylation sites is 1. The Morgan fingerprint density at radius 1 is 1.12 bits per heavy atom. The fourth-order valence-corrected chi connectivity index (χ4v) is 1.60. The minimum absolute atomic E-state index is 0.354. The summed E-state index contributed by atoms with van der Waals surface area (Å²) >= 11 is 0. The van der Waals surface area contributed by atoms with Crippen molar-refractivity contribution in [3.63, 3.8) is 0 Å². The molecule has 4 atom stereocenters. The molecule has 1 aliphatic heterocycles. The zero-order chi connectivity index (χ0) is 11.5. The van der Waals surface area contributed by atoms with Gasteiger partial charge in [-0.2, -0.15) is 0 Å². The monoisotopic (exact) mass is 226 g/mol. The average molecular weight is 226 g/mol. The van der Waals surface area contributed by atoms with Gasteiger partial charge >= 0.3 is 0 Å². The highest BCUT2D eigenvalue weighted by atomic mass is 16.7. The molecule has 2 rings (SSSR count). The second-order valence-corrected chi connectivity index (χ2v) is 3.64. The maximum atomic E-state index is 9.61. The first-order valence-corrected chi connectivity index (χ1v) is 5.06. The van der Waals surface area contributed by atoms with Gasteiger partial charge in [-0.1, -0.05) is 18.2 Å². The standard InChI is InChI=1S/C11H14O5/c12-6-8-9(13)10(14)11(16-8)15-7-4-2-1-3-5-7/h1-5,8-14H,6H2/t8-,9-,10+,11?/m1/s1. The van der Waals surface area contributed by atoms with Crippen molar-refractivity contribution in [2.45, 2.75) is 24.6 Å². The lowest BCUT2D eigenvalue weighted by Crippen LogP contribution is -2.35. The van der Waals surface area contributed by atoms with Crippen molar-refractivity contribution in [3.8, 4) is 5.75 Å². The molecule has 3 N–H and O–H groups in total. The van der Waals surface area contributed by atoms with Gasteiger partial charge < -0.3 is 24.8 Å². The second-order valence-electron chi connectivity index (χ2n) is 3.64. The third kappa shape index (κ3) is 2.17. The summed E-state index contributed by atoms with van der Waals surface area (Å²) in [7, 11) is 0. The lowest BCUT2D eigenvalue weighted by molar-refractivity contribution is -0.116. The maximum absolute atomic E-state index is 9.61. The van der Waals surface area contributed by atoms with Crippen LogP contribution in [0.25, 0.3) is 0 Å². The Bertz CT molecular complexity index is 328. The minimum atomic E-state index is -1.16. The molecule has 0 saturated carbocycles. The van der Waals surface area contributed by atoms with Gasteiger partial charge in [0.2, 0.25) is 6.29 Å². The topological polar surface area (TPSA) is 79.2 Å². The number of ether oxygens (including phenoxy) is 2. The van der Waals surface area contributed by atoms with E-state index in [0.717, 1.165) is 0 Å². The van der Waals surface area contributed by atoms with Gasteiger partial charge in [0.15, 0.2) is 0 Å². The van der Waals surface area contributed by atoms with E-state index in [9.17, 15) is 10.2 Å². The van der Waals surface area contributed by atoms with E-state index in [1.165, 1.54) is 0 Å². The first-order valence-electron chi connectivity index (χ1n) is 5.06. The van der Waals surface area contributed by atoms with Crippen LogP contribution in [0.15, 0.2) is 30.3 Å². The molecule has 5 nitrogen and oxygen atoms in total. The summed E-state index contributed by atoms with van der Waals surface area (Å²) in [6.45, 7) is -0.354. The molecule has 1 aliphatic rings. The predicted octanol–water partition coefficient (Wildman–Crippen LogP) is -0.496. The largest absolute Gasteiger partial charge is 0.462 e. The van der Waals surface area contributed by atoms with Gasteiger partial charge in [-0.15, -0.1) is 0 Å². The van der Waals surface area contributed by atoms with Crippen molar-refractivity contribution in [1.29, 1.82) is 0 Å². The third-order valence-corrected chi connectivity index (χ3v) is 2.49. The highest BCUT2D eigenvalue weighted by molar-refractivity contribution is 5.21. The van der Waals surface area contributed by atoms with E-state index in [4.69, 9.17) is 14.6 Å². The van der Waals surface area contributed by atoms with E-state index in [1.807, 2.05) is 6.07 Å². The summed E-state index contributed by atoms with van der Waals surface area (Å²) < 4.78 is 10.5. The van der Waals surface area contributed by atoms with Crippen LogP contribution in [0, 0.1) is 0 Å². The van der Waals surface area contributed by atoms with Crippen molar-refractivity contribution in [3.05, 3.63) is 30.3 Å². The fraction of sp³-hybridized carbons (Fsp3) is 0.455. The molecule has 1 heterocycles. The smallest absolute Gasteiger partial charge is 0.229 e. The van der Waals surface area contributed by atoms with Crippen LogP contribution in [0.5, 0.6) is 5.75 Å². The molecule has 0 aromatic heterocycles. The van der Waals surface area contributed by atoms with Gasteiger partial charge in [0, 0.05) is 0 Å². The van der Waals surface area contributed by atoms with Crippen molar-refractivity contribution in [1.82, 2.24) is 0 Å². The number of aliphatic hydroxyl groups excluding tert-OH is 3. The second kappa shape index (κ2) is 4.80. The van der Waals surface area contributed by atoms with Crippen LogP contribution in [0.1, 0.15) is 0 Å². The van der Waals surface area contributed by atoms with Gasteiger partial charge in [0.05, 0.1) is 6.61 Å². The van der Waals surface area contributed by atoms with Crippen molar-refractivity contribution >= 4 is 0 Å². The molecule has 1 unspecified atom stereocenters. The maximum Gasteiger partial charge on any atom is 0.229 e. The Morgan fingerprint density at radius 3 is 2.38 bits per heavy atom. The molecule has 1 fully saturated rings. The number of benzene rings is 1. The molecular weight excluding hydrogens is 212 g/mol. The third-order valence-electron chi connectivity index (χ3n) is 2.49. The van der Waals surface area contributed by atoms with Crippen molar-refractivity contribution in [2.24, 2.45) is 0 Å². The molecule has 0 radical (unpaired) electrons. The Balaban J connectivity index is 2.01. The zero-order valence-corrected chi connectivity index (χ0v) is 8.56. The predicted molar refractivity (Wildman–Crippen MR) is 54.8 cm³/mol. The van der Waals surface area contributed by atoms with Gasteiger partial charge in [-0.25, -0.2) is 0 Å². The Labute approximate surface area is 92.9 Å². The van der Waals surface area contributed by atoms with Crippen LogP contribution in [0.4, 0.5) is 0 Å². The molecule has 1 aromatic carbocycles. The molecule has 0 amide bonds. The van der Waals surface area contributed by atoms with Gasteiger partial charge in [-0.3, -0.25) is 0 Å². The highest BCUT2D eigenvalue weighted by Gasteiger charge is 2.43. The van der Waals surface area contributed by atoms with E-state index in [-0.39, 0.29) is 6.61 Å². The normalized spacial score (nSPS) is 33.9. The molecule has 1 aromatic rings. The van der Waals surface area contributed by atoms with Crippen LogP contribution in [-0.2, 0) is 4.74 Å². The summed E-state index contributed by atoms with van der Waals surface area (Å²) in [5, 5.41) is 28.0. The molecule has 0 spiro atoms. The van der Waals surface area contributed by atoms with E-state index >= 15 is 0 Å². The van der Waals surface area contributed by atoms with Gasteiger partial charge in [0.1, 0.15) is 24.1 Å². The van der Waals surface area contributed by atoms with E-state index < -0.39 is 24.6 Å². The van der Waals surface area contributed by atoms with E-state index in [2.05, 4.69) is 0 Å². The molecule has 16 heavy (non-hydrogen) atoms. The number of rotatable bonds is 3. The summed E-state index contributed by atoms with van der Waals surface area (Å²) in [4.78, 5) is 0. The van der Waals surface area contributed by atoms with Gasteiger partial charge in [0.25, 0.3) is 0 Å². The summed E-state index contributed by atoms with van der Waals surface area (Å²) in [5.74, 6) is 0.539. The quantitative estimate of drug-likeness (QED) is 0.648. The van der Waals surface area contributed by atoms with E-state index in [1.54, 1.807) is 24.3 Å². The molecule has 0 aliphatic carbocycles. The molecule has 88 valence electrons. The lowest BCUT2D eigenvalue weighted by Gasteiger charge is -2.16. The van der Waals surface area contributed by atoms with Crippen LogP contribution in [0.2, 0.25) is 0 Å². The zero-order valence-electron chi connectivity index (χ0n) is 8.56. The number of hydrogen-bond donors (Lipinski definition) is 3. The van der Waals surface area contributed by atoms with Gasteiger partial charge in [-0.05, 0) is 12.1 Å². The first kappa shape index (κ1) is 11.3. The van der Waals surface area contributed by atoms with Crippen LogP contribution in [-0.4, -0.2) is 46.5 Å². The molecule has 1 saturated heterocycles. The number of hydrogen-bond acceptors (Lipinski definition) is 5. The fourth-order valence-electron chi connectivity index (χ4n) is 1.60. The Morgan fingerprint density at radius 2 is 1.81 bits per heavy atom. The Kier molecular flexibility index (Phi) is 3.40.